The van der Waals surface area contributed by atoms with Crippen molar-refractivity contribution in [1.29, 1.82) is 0 Å². The van der Waals surface area contributed by atoms with E-state index in [4.69, 9.17) is 5.73 Å². The van der Waals surface area contributed by atoms with Crippen LogP contribution >= 0.6 is 0 Å². The van der Waals surface area contributed by atoms with E-state index in [0.29, 0.717) is 0 Å². The fraction of sp³-hybridized carbons (Fsp3) is 0.643. The highest BCUT2D eigenvalue weighted by atomic mass is 16.1. The Kier molecular flexibility index (Phi) is 3.82. The molecular formula is C14H20N5O. The van der Waals surface area contributed by atoms with E-state index in [0.717, 1.165) is 38.0 Å². The lowest BCUT2D eigenvalue weighted by atomic mass is 10.2. The standard InChI is InChI=1S/C14H20N5O/c15-13(20)14-16-6-5-12(17-14)19-9-7-18(8-10-19)11-3-1-2-4-11/h5,11H,1-4,7-10H2,(H2,15,20). The van der Waals surface area contributed by atoms with Gasteiger partial charge in [-0.3, -0.25) is 9.69 Å². The van der Waals surface area contributed by atoms with Gasteiger partial charge in [0.25, 0.3) is 5.91 Å². The monoisotopic (exact) mass is 274 g/mol. The summed E-state index contributed by atoms with van der Waals surface area (Å²) < 4.78 is 0. The fourth-order valence-electron chi connectivity index (χ4n) is 3.17. The maximum atomic E-state index is 11.1. The fourth-order valence-corrected chi connectivity index (χ4v) is 3.17. The number of amides is 1. The lowest BCUT2D eigenvalue weighted by molar-refractivity contribution is 0.0990. The van der Waals surface area contributed by atoms with Crippen molar-refractivity contribution in [3.05, 3.63) is 18.1 Å². The van der Waals surface area contributed by atoms with Gasteiger partial charge >= 0.3 is 0 Å². The molecule has 0 spiro atoms. The van der Waals surface area contributed by atoms with Gasteiger partial charge in [0.2, 0.25) is 5.82 Å². The Morgan fingerprint density at radius 2 is 1.95 bits per heavy atom. The van der Waals surface area contributed by atoms with Crippen molar-refractivity contribution < 1.29 is 4.79 Å². The smallest absolute Gasteiger partial charge is 0.286 e. The van der Waals surface area contributed by atoms with Crippen molar-refractivity contribution in [1.82, 2.24) is 14.9 Å². The highest BCUT2D eigenvalue weighted by Gasteiger charge is 2.26. The van der Waals surface area contributed by atoms with E-state index in [1.54, 1.807) is 6.07 Å². The van der Waals surface area contributed by atoms with Gasteiger partial charge in [0.15, 0.2) is 0 Å². The van der Waals surface area contributed by atoms with Gasteiger partial charge in [0.1, 0.15) is 5.82 Å². The number of anilines is 1. The van der Waals surface area contributed by atoms with Crippen molar-refractivity contribution in [3.8, 4) is 0 Å². The molecule has 1 saturated heterocycles. The lowest BCUT2D eigenvalue weighted by Gasteiger charge is -2.38. The van der Waals surface area contributed by atoms with Crippen LogP contribution in [-0.2, 0) is 0 Å². The van der Waals surface area contributed by atoms with Crippen LogP contribution in [0.15, 0.2) is 6.07 Å². The van der Waals surface area contributed by atoms with Crippen LogP contribution in [0.25, 0.3) is 0 Å². The number of nitrogens with zero attached hydrogens (tertiary/aromatic N) is 4. The molecule has 2 heterocycles. The third-order valence-corrected chi connectivity index (χ3v) is 4.28. The molecule has 1 aliphatic carbocycles. The molecule has 6 heteroatoms. The normalized spacial score (nSPS) is 21.3. The first-order chi connectivity index (χ1) is 9.74. The van der Waals surface area contributed by atoms with Crippen LogP contribution in [0, 0.1) is 6.20 Å². The van der Waals surface area contributed by atoms with Crippen LogP contribution in [0.1, 0.15) is 36.3 Å². The molecule has 0 unspecified atom stereocenters. The molecule has 20 heavy (non-hydrogen) atoms. The minimum Gasteiger partial charge on any atom is -0.363 e. The molecule has 0 bridgehead atoms. The van der Waals surface area contributed by atoms with Crippen LogP contribution in [0.2, 0.25) is 0 Å². The van der Waals surface area contributed by atoms with E-state index >= 15 is 0 Å². The second kappa shape index (κ2) is 5.75. The summed E-state index contributed by atoms with van der Waals surface area (Å²) in [5.41, 5.74) is 5.21. The molecule has 0 aromatic carbocycles. The van der Waals surface area contributed by atoms with Gasteiger partial charge in [-0.2, -0.15) is 0 Å². The molecular weight excluding hydrogens is 254 g/mol. The molecule has 0 atom stereocenters. The number of carbonyl (C=O) groups is 1. The van der Waals surface area contributed by atoms with Gasteiger partial charge in [-0.15, -0.1) is 0 Å². The Labute approximate surface area is 119 Å². The zero-order valence-electron chi connectivity index (χ0n) is 11.6. The Morgan fingerprint density at radius 3 is 2.60 bits per heavy atom. The Bertz CT molecular complexity index is 478. The minimum atomic E-state index is -0.604. The zero-order chi connectivity index (χ0) is 13.9. The van der Waals surface area contributed by atoms with Gasteiger partial charge in [0.05, 0.1) is 6.20 Å². The molecule has 1 saturated carbocycles. The second-order valence-electron chi connectivity index (χ2n) is 5.50. The Hall–Kier alpha value is -1.69. The second-order valence-corrected chi connectivity index (χ2v) is 5.50. The zero-order valence-corrected chi connectivity index (χ0v) is 11.6. The number of nitrogens with two attached hydrogens (primary N) is 1. The molecule has 1 aromatic rings. The first kappa shape index (κ1) is 13.3. The summed E-state index contributed by atoms with van der Waals surface area (Å²) in [5, 5.41) is 0. The maximum absolute atomic E-state index is 11.1. The molecule has 1 aromatic heterocycles. The van der Waals surface area contributed by atoms with Crippen molar-refractivity contribution in [2.45, 2.75) is 31.7 Å². The van der Waals surface area contributed by atoms with Crippen molar-refractivity contribution in [2.75, 3.05) is 31.1 Å². The average molecular weight is 274 g/mol. The quantitative estimate of drug-likeness (QED) is 0.865. The van der Waals surface area contributed by atoms with Crippen LogP contribution in [0.4, 0.5) is 5.82 Å². The van der Waals surface area contributed by atoms with Crippen LogP contribution < -0.4 is 10.6 Å². The van der Waals surface area contributed by atoms with E-state index < -0.39 is 5.91 Å². The summed E-state index contributed by atoms with van der Waals surface area (Å²) >= 11 is 0. The topological polar surface area (TPSA) is 75.4 Å². The van der Waals surface area contributed by atoms with E-state index in [9.17, 15) is 4.79 Å². The number of hydrogen-bond donors (Lipinski definition) is 1. The number of hydrogen-bond acceptors (Lipinski definition) is 5. The summed E-state index contributed by atoms with van der Waals surface area (Å²) in [4.78, 5) is 23.8. The highest BCUT2D eigenvalue weighted by molar-refractivity contribution is 5.89. The molecule has 2 fully saturated rings. The molecule has 3 rings (SSSR count). The largest absolute Gasteiger partial charge is 0.363 e. The van der Waals surface area contributed by atoms with E-state index in [1.165, 1.54) is 25.7 Å². The summed E-state index contributed by atoms with van der Waals surface area (Å²) in [6.45, 7) is 3.97. The Balaban J connectivity index is 1.62. The summed E-state index contributed by atoms with van der Waals surface area (Å²) in [6, 6.07) is 2.49. The van der Waals surface area contributed by atoms with Gasteiger partial charge < -0.3 is 10.6 Å². The third-order valence-electron chi connectivity index (χ3n) is 4.28. The first-order valence-electron chi connectivity index (χ1n) is 7.28. The van der Waals surface area contributed by atoms with Gasteiger partial charge in [-0.25, -0.2) is 9.97 Å². The number of rotatable bonds is 3. The molecule has 2 N–H and O–H groups in total. The van der Waals surface area contributed by atoms with E-state index in [1.807, 2.05) is 0 Å². The molecule has 1 radical (unpaired) electrons. The van der Waals surface area contributed by atoms with Crippen LogP contribution in [0.3, 0.4) is 0 Å². The van der Waals surface area contributed by atoms with Crippen LogP contribution in [-0.4, -0.2) is 53.0 Å². The molecule has 6 nitrogen and oxygen atoms in total. The lowest BCUT2D eigenvalue weighted by Crippen LogP contribution is -2.50. The maximum Gasteiger partial charge on any atom is 0.286 e. The summed E-state index contributed by atoms with van der Waals surface area (Å²) in [5.74, 6) is 0.188. The first-order valence-corrected chi connectivity index (χ1v) is 7.28. The number of primary amides is 1. The van der Waals surface area contributed by atoms with Gasteiger partial charge in [0, 0.05) is 38.3 Å². The van der Waals surface area contributed by atoms with E-state index in [-0.39, 0.29) is 5.82 Å². The number of carbonyl (C=O) groups excluding carboxylic acids is 1. The van der Waals surface area contributed by atoms with Crippen molar-refractivity contribution in [3.63, 3.8) is 0 Å². The van der Waals surface area contributed by atoms with Gasteiger partial charge in [-0.1, -0.05) is 12.8 Å². The molecule has 1 amide bonds. The highest BCUT2D eigenvalue weighted by Crippen LogP contribution is 2.25. The third kappa shape index (κ3) is 2.75. The number of aromatic nitrogens is 2. The summed E-state index contributed by atoms with van der Waals surface area (Å²) in [6.07, 6.45) is 8.12. The van der Waals surface area contributed by atoms with E-state index in [2.05, 4.69) is 26.0 Å². The number of piperazine rings is 1. The van der Waals surface area contributed by atoms with Crippen LogP contribution in [0.5, 0.6) is 0 Å². The Morgan fingerprint density at radius 1 is 1.25 bits per heavy atom. The van der Waals surface area contributed by atoms with Gasteiger partial charge in [-0.05, 0) is 12.8 Å². The predicted octanol–water partition coefficient (Wildman–Crippen LogP) is 0.440. The minimum absolute atomic E-state index is 0.0423. The molecule has 107 valence electrons. The predicted molar refractivity (Wildman–Crippen MR) is 75.4 cm³/mol. The molecule has 2 aliphatic rings. The summed E-state index contributed by atoms with van der Waals surface area (Å²) in [7, 11) is 0. The molecule has 1 aliphatic heterocycles. The van der Waals surface area contributed by atoms with Crippen molar-refractivity contribution in [2.24, 2.45) is 5.73 Å². The average Bonchev–Trinajstić information content (AvgIpc) is 3.02. The SMILES string of the molecule is NC(=O)c1n[c]cc(N2CCN(C3CCCC3)CC2)n1. The van der Waals surface area contributed by atoms with Crippen molar-refractivity contribution >= 4 is 11.7 Å².